The number of benzene rings is 1. The smallest absolute Gasteiger partial charge is 0.410 e. The lowest BCUT2D eigenvalue weighted by atomic mass is 10.1. The topological polar surface area (TPSA) is 92.2 Å². The van der Waals surface area contributed by atoms with E-state index in [-0.39, 0.29) is 17.6 Å². The van der Waals surface area contributed by atoms with E-state index < -0.39 is 17.7 Å². The Morgan fingerprint density at radius 3 is 2.41 bits per heavy atom. The number of aromatic carboxylic acids is 1. The van der Waals surface area contributed by atoms with Crippen molar-refractivity contribution >= 4 is 12.1 Å². The predicted octanol–water partition coefficient (Wildman–Crippen LogP) is 4.54. The van der Waals surface area contributed by atoms with Gasteiger partial charge < -0.3 is 24.4 Å². The van der Waals surface area contributed by atoms with E-state index in [9.17, 15) is 14.0 Å². The number of pyridine rings is 1. The molecule has 0 fully saturated rings. The number of carbonyl (C=O) groups excluding carboxylic acids is 1. The Balaban J connectivity index is 2.13. The zero-order valence-corrected chi connectivity index (χ0v) is 20.7. The highest BCUT2D eigenvalue weighted by molar-refractivity contribution is 5.85. The van der Waals surface area contributed by atoms with E-state index >= 15 is 0 Å². The molecule has 1 amide bonds. The third kappa shape index (κ3) is 8.30. The number of aromatic nitrogens is 1. The Morgan fingerprint density at radius 1 is 1.18 bits per heavy atom. The van der Waals surface area contributed by atoms with Crippen molar-refractivity contribution in [3.63, 3.8) is 0 Å². The molecule has 0 aliphatic carbocycles. The fourth-order valence-electron chi connectivity index (χ4n) is 3.13. The first kappa shape index (κ1) is 27.0. The van der Waals surface area contributed by atoms with Crippen LogP contribution >= 0.6 is 0 Å². The van der Waals surface area contributed by atoms with Gasteiger partial charge in [-0.05, 0) is 71.0 Å². The maximum absolute atomic E-state index is 14.3. The fraction of sp³-hybridized carbons (Fsp3) is 0.480. The number of hydrogen-bond acceptors (Lipinski definition) is 6. The summed E-state index contributed by atoms with van der Waals surface area (Å²) in [5.74, 6) is -1.10. The number of aryl methyl sites for hydroxylation is 1. The van der Waals surface area contributed by atoms with Crippen LogP contribution in [0.2, 0.25) is 0 Å². The molecule has 0 aliphatic rings. The largest absolute Gasteiger partial charge is 0.483 e. The average molecular weight is 476 g/mol. The van der Waals surface area contributed by atoms with Gasteiger partial charge in [-0.2, -0.15) is 0 Å². The van der Waals surface area contributed by atoms with E-state index in [0.717, 1.165) is 0 Å². The Hall–Kier alpha value is -3.20. The zero-order valence-electron chi connectivity index (χ0n) is 20.7. The van der Waals surface area contributed by atoms with Crippen molar-refractivity contribution in [2.45, 2.75) is 46.3 Å². The number of carboxylic acids is 1. The van der Waals surface area contributed by atoms with Crippen LogP contribution in [0.3, 0.4) is 0 Å². The van der Waals surface area contributed by atoms with E-state index in [1.165, 1.54) is 24.4 Å². The molecule has 2 rings (SSSR count). The minimum atomic E-state index is -1.13. The maximum atomic E-state index is 14.3. The molecule has 0 aliphatic heterocycles. The number of carbonyl (C=O) groups is 2. The zero-order chi connectivity index (χ0) is 25.5. The van der Waals surface area contributed by atoms with Crippen molar-refractivity contribution < 1.29 is 28.6 Å². The van der Waals surface area contributed by atoms with Crippen LogP contribution in [0.15, 0.2) is 36.5 Å². The van der Waals surface area contributed by atoms with Gasteiger partial charge in [-0.1, -0.05) is 12.1 Å². The van der Waals surface area contributed by atoms with Gasteiger partial charge in [-0.3, -0.25) is 0 Å². The van der Waals surface area contributed by atoms with Crippen LogP contribution in [0.4, 0.5) is 9.18 Å². The molecule has 8 nitrogen and oxygen atoms in total. The molecule has 34 heavy (non-hydrogen) atoms. The molecule has 0 bridgehead atoms. The molecular weight excluding hydrogens is 441 g/mol. The quantitative estimate of drug-likeness (QED) is 0.539. The number of hydrogen-bond donors (Lipinski definition) is 1. The summed E-state index contributed by atoms with van der Waals surface area (Å²) in [5.41, 5.74) is 0.495. The van der Waals surface area contributed by atoms with Crippen LogP contribution in [-0.4, -0.2) is 70.8 Å². The summed E-state index contributed by atoms with van der Waals surface area (Å²) in [5, 5.41) is 9.05. The number of carboxylic acid groups (broad SMARTS) is 1. The van der Waals surface area contributed by atoms with Gasteiger partial charge in [0.05, 0.1) is 6.20 Å². The second-order valence-electron chi connectivity index (χ2n) is 9.12. The second-order valence-corrected chi connectivity index (χ2v) is 9.12. The third-order valence-electron chi connectivity index (χ3n) is 5.06. The van der Waals surface area contributed by atoms with Crippen molar-refractivity contribution in [1.82, 2.24) is 14.8 Å². The van der Waals surface area contributed by atoms with E-state index in [2.05, 4.69) is 4.98 Å². The predicted molar refractivity (Wildman–Crippen MR) is 127 cm³/mol. The summed E-state index contributed by atoms with van der Waals surface area (Å²) >= 11 is 0. The van der Waals surface area contributed by atoms with Crippen LogP contribution in [0.25, 0.3) is 0 Å². The van der Waals surface area contributed by atoms with Crippen LogP contribution in [0.5, 0.6) is 5.75 Å². The lowest BCUT2D eigenvalue weighted by Crippen LogP contribution is -2.41. The molecule has 1 aromatic carbocycles. The SMILES string of the molecule is CCN(CCN(C)CC(Oc1ccc(C(=O)O)nc1)c1ccc(C)c(F)c1)C(=O)OC(C)(C)C. The number of amides is 1. The summed E-state index contributed by atoms with van der Waals surface area (Å²) < 4.78 is 25.8. The third-order valence-corrected chi connectivity index (χ3v) is 5.06. The highest BCUT2D eigenvalue weighted by Crippen LogP contribution is 2.24. The minimum Gasteiger partial charge on any atom is -0.483 e. The summed E-state index contributed by atoms with van der Waals surface area (Å²) in [7, 11) is 1.88. The van der Waals surface area contributed by atoms with Gasteiger partial charge in [-0.15, -0.1) is 0 Å². The van der Waals surface area contributed by atoms with E-state index in [0.29, 0.717) is 43.1 Å². The Labute approximate surface area is 200 Å². The van der Waals surface area contributed by atoms with Gasteiger partial charge in [0.25, 0.3) is 0 Å². The van der Waals surface area contributed by atoms with Gasteiger partial charge in [-0.25, -0.2) is 19.0 Å². The molecule has 1 atom stereocenters. The van der Waals surface area contributed by atoms with E-state index in [1.54, 1.807) is 24.0 Å². The molecular formula is C25H34FN3O5. The van der Waals surface area contributed by atoms with Crippen molar-refractivity contribution in [1.29, 1.82) is 0 Å². The van der Waals surface area contributed by atoms with Crippen LogP contribution in [0.1, 0.15) is 55.4 Å². The Bertz CT molecular complexity index is 976. The molecule has 9 heteroatoms. The highest BCUT2D eigenvalue weighted by Gasteiger charge is 2.23. The monoisotopic (exact) mass is 475 g/mol. The molecule has 1 N–H and O–H groups in total. The average Bonchev–Trinajstić information content (AvgIpc) is 2.74. The molecule has 0 spiro atoms. The van der Waals surface area contributed by atoms with Crippen molar-refractivity contribution in [3.8, 4) is 5.75 Å². The normalized spacial score (nSPS) is 12.4. The fourth-order valence-corrected chi connectivity index (χ4v) is 3.13. The first-order valence-corrected chi connectivity index (χ1v) is 11.2. The lowest BCUT2D eigenvalue weighted by Gasteiger charge is -2.29. The minimum absolute atomic E-state index is 0.0933. The van der Waals surface area contributed by atoms with Gasteiger partial charge in [0.15, 0.2) is 0 Å². The summed E-state index contributed by atoms with van der Waals surface area (Å²) in [6.45, 7) is 10.9. The van der Waals surface area contributed by atoms with Crippen molar-refractivity contribution in [3.05, 3.63) is 59.2 Å². The highest BCUT2D eigenvalue weighted by atomic mass is 19.1. The summed E-state index contributed by atoms with van der Waals surface area (Å²) in [6.07, 6.45) is 0.415. The van der Waals surface area contributed by atoms with Crippen LogP contribution in [0, 0.1) is 12.7 Å². The number of nitrogens with zero attached hydrogens (tertiary/aromatic N) is 3. The second kappa shape index (κ2) is 11.8. The number of halogens is 1. The summed E-state index contributed by atoms with van der Waals surface area (Å²) in [6, 6.07) is 7.80. The first-order valence-electron chi connectivity index (χ1n) is 11.2. The van der Waals surface area contributed by atoms with Crippen LogP contribution in [-0.2, 0) is 4.74 Å². The molecule has 1 unspecified atom stereocenters. The van der Waals surface area contributed by atoms with Gasteiger partial charge in [0.2, 0.25) is 0 Å². The molecule has 1 aromatic heterocycles. The standard InChI is InChI=1S/C25H34FN3O5/c1-7-29(24(32)34-25(3,4)5)13-12-28(6)16-22(18-9-8-17(2)20(26)14-18)33-19-10-11-21(23(30)31)27-15-19/h8-11,14-15,22H,7,12-13,16H2,1-6H3,(H,30,31). The molecule has 186 valence electrons. The van der Waals surface area contributed by atoms with Gasteiger partial charge in [0, 0.05) is 26.2 Å². The lowest BCUT2D eigenvalue weighted by molar-refractivity contribution is 0.0241. The number of rotatable bonds is 10. The maximum Gasteiger partial charge on any atom is 0.410 e. The van der Waals surface area contributed by atoms with Gasteiger partial charge >= 0.3 is 12.1 Å². The molecule has 2 aromatic rings. The summed E-state index contributed by atoms with van der Waals surface area (Å²) in [4.78, 5) is 30.9. The number of ether oxygens (including phenoxy) is 2. The molecule has 1 heterocycles. The molecule has 0 radical (unpaired) electrons. The van der Waals surface area contributed by atoms with Crippen molar-refractivity contribution in [2.75, 3.05) is 33.2 Å². The van der Waals surface area contributed by atoms with E-state index in [1.807, 2.05) is 39.6 Å². The molecule has 0 saturated heterocycles. The van der Waals surface area contributed by atoms with E-state index in [4.69, 9.17) is 14.6 Å². The van der Waals surface area contributed by atoms with Gasteiger partial charge in [0.1, 0.15) is 29.0 Å². The Morgan fingerprint density at radius 2 is 1.88 bits per heavy atom. The first-order chi connectivity index (χ1) is 15.9. The van der Waals surface area contributed by atoms with Crippen molar-refractivity contribution in [2.24, 2.45) is 0 Å². The number of likely N-dealkylation sites (N-methyl/N-ethyl adjacent to an activating group) is 2. The van der Waals surface area contributed by atoms with Crippen LogP contribution < -0.4 is 4.74 Å². The molecule has 0 saturated carbocycles. The Kier molecular flexibility index (Phi) is 9.37.